The van der Waals surface area contributed by atoms with Crippen LogP contribution >= 0.6 is 0 Å². The first-order chi connectivity index (χ1) is 7.74. The fraction of sp³-hybridized carbons (Fsp3) is 0. The van der Waals surface area contributed by atoms with Crippen LogP contribution in [0, 0.1) is 11.3 Å². The van der Waals surface area contributed by atoms with Crippen molar-refractivity contribution < 1.29 is 9.90 Å². The van der Waals surface area contributed by atoms with Gasteiger partial charge in [0, 0.05) is 12.4 Å². The molecular formula is C9H5N5O2. The van der Waals surface area contributed by atoms with Crippen LogP contribution in [0.5, 0.6) is 0 Å². The molecule has 0 saturated carbocycles. The molecule has 0 aliphatic carbocycles. The van der Waals surface area contributed by atoms with Gasteiger partial charge in [0.1, 0.15) is 11.6 Å². The largest absolute Gasteiger partial charge is 0.478 e. The second-order valence-electron chi connectivity index (χ2n) is 2.81. The third-order valence-corrected chi connectivity index (χ3v) is 1.90. The highest BCUT2D eigenvalue weighted by Crippen LogP contribution is 2.11. The van der Waals surface area contributed by atoms with Crippen molar-refractivity contribution in [2.45, 2.75) is 0 Å². The highest BCUT2D eigenvalue weighted by molar-refractivity contribution is 5.90. The van der Waals surface area contributed by atoms with E-state index in [1.54, 1.807) is 0 Å². The number of hydrogen-bond acceptors (Lipinski definition) is 5. The number of imidazole rings is 1. The van der Waals surface area contributed by atoms with Gasteiger partial charge in [-0.3, -0.25) is 4.57 Å². The highest BCUT2D eigenvalue weighted by Gasteiger charge is 2.15. The van der Waals surface area contributed by atoms with Crippen LogP contribution in [0.15, 0.2) is 24.7 Å². The van der Waals surface area contributed by atoms with Crippen molar-refractivity contribution in [2.24, 2.45) is 0 Å². The Hall–Kier alpha value is -2.75. The molecule has 2 aromatic rings. The minimum Gasteiger partial charge on any atom is -0.478 e. The predicted molar refractivity (Wildman–Crippen MR) is 50.8 cm³/mol. The molecule has 2 rings (SSSR count). The first-order valence-corrected chi connectivity index (χ1v) is 4.23. The number of hydrogen-bond donors (Lipinski definition) is 1. The van der Waals surface area contributed by atoms with Crippen LogP contribution in [0.25, 0.3) is 5.82 Å². The van der Waals surface area contributed by atoms with Crippen LogP contribution < -0.4 is 0 Å². The lowest BCUT2D eigenvalue weighted by Crippen LogP contribution is -2.09. The molecular weight excluding hydrogens is 210 g/mol. The smallest absolute Gasteiger partial charge is 0.339 e. The normalized spacial score (nSPS) is 9.69. The van der Waals surface area contributed by atoms with E-state index in [1.807, 2.05) is 6.07 Å². The second-order valence-corrected chi connectivity index (χ2v) is 2.81. The van der Waals surface area contributed by atoms with Crippen LogP contribution in [0.4, 0.5) is 0 Å². The van der Waals surface area contributed by atoms with E-state index in [2.05, 4.69) is 15.2 Å². The van der Waals surface area contributed by atoms with Crippen LogP contribution in [-0.4, -0.2) is 30.8 Å². The first kappa shape index (κ1) is 9.79. The number of carboxylic acids is 1. The van der Waals surface area contributed by atoms with Crippen molar-refractivity contribution in [1.82, 2.24) is 19.7 Å². The third kappa shape index (κ3) is 1.48. The van der Waals surface area contributed by atoms with Crippen molar-refractivity contribution >= 4 is 5.97 Å². The minimum atomic E-state index is -1.14. The average Bonchev–Trinajstić information content (AvgIpc) is 2.76. The third-order valence-electron chi connectivity index (χ3n) is 1.90. The Balaban J connectivity index is 2.66. The lowest BCUT2D eigenvalue weighted by atomic mass is 10.3. The van der Waals surface area contributed by atoms with Gasteiger partial charge in [-0.2, -0.15) is 10.4 Å². The summed E-state index contributed by atoms with van der Waals surface area (Å²) in [7, 11) is 0. The van der Waals surface area contributed by atoms with Crippen LogP contribution in [0.1, 0.15) is 16.2 Å². The summed E-state index contributed by atoms with van der Waals surface area (Å²) in [5.41, 5.74) is -0.0375. The Morgan fingerprint density at radius 2 is 2.31 bits per heavy atom. The summed E-state index contributed by atoms with van der Waals surface area (Å²) in [6.45, 7) is 0. The second kappa shape index (κ2) is 3.78. The van der Waals surface area contributed by atoms with Crippen molar-refractivity contribution in [3.05, 3.63) is 36.0 Å². The van der Waals surface area contributed by atoms with Gasteiger partial charge < -0.3 is 5.11 Å². The summed E-state index contributed by atoms with van der Waals surface area (Å²) in [4.78, 5) is 14.7. The van der Waals surface area contributed by atoms with E-state index in [-0.39, 0.29) is 17.2 Å². The summed E-state index contributed by atoms with van der Waals surface area (Å²) < 4.78 is 1.27. The maximum absolute atomic E-state index is 10.9. The molecule has 0 amide bonds. The molecule has 0 aliphatic rings. The van der Waals surface area contributed by atoms with E-state index in [1.165, 1.54) is 29.2 Å². The Bertz CT molecular complexity index is 584. The maximum atomic E-state index is 10.9. The number of rotatable bonds is 2. The summed E-state index contributed by atoms with van der Waals surface area (Å²) in [6.07, 6.45) is 4.11. The van der Waals surface area contributed by atoms with Crippen molar-refractivity contribution in [2.75, 3.05) is 0 Å². The lowest BCUT2D eigenvalue weighted by molar-refractivity contribution is 0.0696. The summed E-state index contributed by atoms with van der Waals surface area (Å²) in [5.74, 6) is -1.01. The van der Waals surface area contributed by atoms with Gasteiger partial charge in [-0.25, -0.2) is 9.78 Å². The molecule has 7 heteroatoms. The molecule has 0 fully saturated rings. The number of carboxylic acid groups (broad SMARTS) is 1. The van der Waals surface area contributed by atoms with E-state index in [4.69, 9.17) is 10.4 Å². The molecule has 0 atom stereocenters. The van der Waals surface area contributed by atoms with Gasteiger partial charge in [0.15, 0.2) is 5.82 Å². The quantitative estimate of drug-likeness (QED) is 0.768. The number of carbonyl (C=O) groups is 1. The summed E-state index contributed by atoms with van der Waals surface area (Å²) in [5, 5.41) is 25.0. The minimum absolute atomic E-state index is 0.0375. The lowest BCUT2D eigenvalue weighted by Gasteiger charge is -2.04. The average molecular weight is 215 g/mol. The SMILES string of the molecule is N#Cc1nccn1-c1nnccc1C(=O)O. The summed E-state index contributed by atoms with van der Waals surface area (Å²) in [6, 6.07) is 3.14. The molecule has 0 unspecified atom stereocenters. The molecule has 1 N–H and O–H groups in total. The number of aromatic nitrogens is 4. The molecule has 78 valence electrons. The van der Waals surface area contributed by atoms with Gasteiger partial charge in [0.05, 0.1) is 6.20 Å². The Morgan fingerprint density at radius 1 is 1.50 bits per heavy atom. The topological polar surface area (TPSA) is 105 Å². The van der Waals surface area contributed by atoms with E-state index < -0.39 is 5.97 Å². The Morgan fingerprint density at radius 3 is 3.00 bits per heavy atom. The van der Waals surface area contributed by atoms with Gasteiger partial charge in [-0.15, -0.1) is 5.10 Å². The van der Waals surface area contributed by atoms with Crippen molar-refractivity contribution in [1.29, 1.82) is 5.26 Å². The molecule has 0 spiro atoms. The fourth-order valence-corrected chi connectivity index (χ4v) is 1.23. The molecule has 2 aromatic heterocycles. The zero-order valence-electron chi connectivity index (χ0n) is 7.90. The van der Waals surface area contributed by atoms with E-state index in [0.29, 0.717) is 0 Å². The predicted octanol–water partition coefficient (Wildman–Crippen LogP) is 0.232. The van der Waals surface area contributed by atoms with Gasteiger partial charge in [0.2, 0.25) is 5.82 Å². The van der Waals surface area contributed by atoms with Gasteiger partial charge >= 0.3 is 5.97 Å². The monoisotopic (exact) mass is 215 g/mol. The standard InChI is InChI=1S/C9H5N5O2/c10-5-7-11-3-4-14(7)8-6(9(15)16)1-2-12-13-8/h1-4H,(H,15,16). The number of nitrogens with zero attached hydrogens (tertiary/aromatic N) is 5. The van der Waals surface area contributed by atoms with Gasteiger partial charge in [-0.1, -0.05) is 0 Å². The van der Waals surface area contributed by atoms with Crippen LogP contribution in [0.2, 0.25) is 0 Å². The molecule has 0 aromatic carbocycles. The molecule has 0 radical (unpaired) electrons. The molecule has 16 heavy (non-hydrogen) atoms. The summed E-state index contributed by atoms with van der Waals surface area (Å²) >= 11 is 0. The van der Waals surface area contributed by atoms with Gasteiger partial charge in [-0.05, 0) is 6.07 Å². The van der Waals surface area contributed by atoms with Crippen molar-refractivity contribution in [3.8, 4) is 11.9 Å². The Labute approximate surface area is 89.6 Å². The zero-order valence-corrected chi connectivity index (χ0v) is 7.90. The van der Waals surface area contributed by atoms with Crippen LogP contribution in [-0.2, 0) is 0 Å². The van der Waals surface area contributed by atoms with E-state index in [9.17, 15) is 4.79 Å². The maximum Gasteiger partial charge on any atom is 0.339 e. The first-order valence-electron chi connectivity index (χ1n) is 4.23. The molecule has 0 aliphatic heterocycles. The number of nitriles is 1. The fourth-order valence-electron chi connectivity index (χ4n) is 1.23. The molecule has 0 saturated heterocycles. The number of aromatic carboxylic acids is 1. The van der Waals surface area contributed by atoms with Crippen LogP contribution in [0.3, 0.4) is 0 Å². The molecule has 7 nitrogen and oxygen atoms in total. The molecule has 2 heterocycles. The highest BCUT2D eigenvalue weighted by atomic mass is 16.4. The zero-order chi connectivity index (χ0) is 11.5. The Kier molecular flexibility index (Phi) is 2.31. The van der Waals surface area contributed by atoms with E-state index in [0.717, 1.165) is 0 Å². The van der Waals surface area contributed by atoms with Crippen molar-refractivity contribution in [3.63, 3.8) is 0 Å². The molecule has 0 bridgehead atoms. The van der Waals surface area contributed by atoms with E-state index >= 15 is 0 Å². The van der Waals surface area contributed by atoms with Gasteiger partial charge in [0.25, 0.3) is 0 Å².